The van der Waals surface area contributed by atoms with Crippen LogP contribution in [0.1, 0.15) is 71.4 Å². The molecule has 0 unspecified atom stereocenters. The summed E-state index contributed by atoms with van der Waals surface area (Å²) in [7, 11) is 1.81. The Hall–Kier alpha value is -1.56. The van der Waals surface area contributed by atoms with Gasteiger partial charge in [-0.1, -0.05) is 39.0 Å². The van der Waals surface area contributed by atoms with E-state index < -0.39 is 11.2 Å². The average molecular weight is 468 g/mol. The van der Waals surface area contributed by atoms with Crippen LogP contribution in [0.2, 0.25) is 0 Å². The zero-order valence-electron chi connectivity index (χ0n) is 21.6. The quantitative estimate of drug-likeness (QED) is 0.635. The number of fused-ring (bicyclic) bond motifs is 2. The van der Waals surface area contributed by atoms with E-state index >= 15 is 0 Å². The Morgan fingerprint density at radius 2 is 1.97 bits per heavy atom. The molecular formula is C29H41NO4. The predicted molar refractivity (Wildman–Crippen MR) is 132 cm³/mol. The highest BCUT2D eigenvalue weighted by molar-refractivity contribution is 5.63. The fourth-order valence-electron chi connectivity index (χ4n) is 9.19. The molecule has 0 amide bonds. The van der Waals surface area contributed by atoms with E-state index in [9.17, 15) is 10.2 Å². The maximum Gasteiger partial charge on any atom is 0.165 e. The largest absolute Gasteiger partial charge is 0.504 e. The van der Waals surface area contributed by atoms with E-state index in [2.05, 4.69) is 50.8 Å². The number of aromatic hydroxyl groups is 1. The van der Waals surface area contributed by atoms with Gasteiger partial charge in [-0.3, -0.25) is 4.90 Å². The Morgan fingerprint density at radius 3 is 2.65 bits per heavy atom. The summed E-state index contributed by atoms with van der Waals surface area (Å²) in [6.45, 7) is 12.5. The predicted octanol–water partition coefficient (Wildman–Crippen LogP) is 4.58. The molecule has 34 heavy (non-hydrogen) atoms. The second-order valence-electron chi connectivity index (χ2n) is 12.9. The third kappa shape index (κ3) is 2.33. The van der Waals surface area contributed by atoms with Crippen LogP contribution in [-0.4, -0.2) is 58.7 Å². The number of rotatable bonds is 4. The number of benzene rings is 1. The minimum Gasteiger partial charge on any atom is -0.504 e. The van der Waals surface area contributed by atoms with Gasteiger partial charge in [0.25, 0.3) is 0 Å². The highest BCUT2D eigenvalue weighted by atomic mass is 16.6. The number of phenolic OH excluding ortho intramolecular Hbond substituents is 1. The van der Waals surface area contributed by atoms with Gasteiger partial charge in [-0.2, -0.15) is 0 Å². The molecule has 2 spiro atoms. The number of likely N-dealkylation sites (tertiary alicyclic amines) is 1. The number of allylic oxidation sites excluding steroid dienone is 1. The van der Waals surface area contributed by atoms with E-state index in [4.69, 9.17) is 9.47 Å². The third-order valence-electron chi connectivity index (χ3n) is 11.2. The highest BCUT2D eigenvalue weighted by Crippen LogP contribution is 2.77. The summed E-state index contributed by atoms with van der Waals surface area (Å²) < 4.78 is 13.4. The molecule has 1 aromatic rings. The van der Waals surface area contributed by atoms with Crippen molar-refractivity contribution in [2.24, 2.45) is 16.7 Å². The molecule has 186 valence electrons. The molecule has 4 bridgehead atoms. The SMILES string of the molecule is C/C=C/CN1CC[C@]23c4c5ccc(O)c4O[C@H]2[C@]2(OC)CC[C@@]3(C[C@@H]2[C@@](C)(O)C(C)(C)C)[C@H]1C5. The van der Waals surface area contributed by atoms with Crippen molar-refractivity contribution >= 4 is 0 Å². The summed E-state index contributed by atoms with van der Waals surface area (Å²) in [5.41, 5.74) is 0.574. The maximum absolute atomic E-state index is 12.2. The molecule has 7 rings (SSSR count). The van der Waals surface area contributed by atoms with Gasteiger partial charge in [-0.15, -0.1) is 0 Å². The van der Waals surface area contributed by atoms with E-state index in [1.807, 2.05) is 20.1 Å². The van der Waals surface area contributed by atoms with Crippen molar-refractivity contribution in [2.45, 2.75) is 95.5 Å². The van der Waals surface area contributed by atoms with Gasteiger partial charge in [0.1, 0.15) is 11.7 Å². The van der Waals surface area contributed by atoms with E-state index in [-0.39, 0.29) is 34.0 Å². The molecule has 4 aliphatic carbocycles. The van der Waals surface area contributed by atoms with Gasteiger partial charge in [0.15, 0.2) is 11.5 Å². The highest BCUT2D eigenvalue weighted by Gasteiger charge is 2.82. The van der Waals surface area contributed by atoms with E-state index in [0.29, 0.717) is 11.8 Å². The number of piperidine rings is 1. The lowest BCUT2D eigenvalue weighted by Gasteiger charge is -2.75. The van der Waals surface area contributed by atoms with Crippen molar-refractivity contribution in [3.63, 3.8) is 0 Å². The van der Waals surface area contributed by atoms with Crippen molar-refractivity contribution < 1.29 is 19.7 Å². The summed E-state index contributed by atoms with van der Waals surface area (Å²) in [6, 6.07) is 4.33. The lowest BCUT2D eigenvalue weighted by molar-refractivity contribution is -0.312. The first-order valence-corrected chi connectivity index (χ1v) is 13.1. The summed E-state index contributed by atoms with van der Waals surface area (Å²) in [5.74, 6) is 0.878. The summed E-state index contributed by atoms with van der Waals surface area (Å²) in [4.78, 5) is 2.68. The van der Waals surface area contributed by atoms with Crippen LogP contribution in [0.5, 0.6) is 11.5 Å². The first-order valence-electron chi connectivity index (χ1n) is 13.1. The van der Waals surface area contributed by atoms with Gasteiger partial charge in [-0.05, 0) is 69.5 Å². The Kier molecular flexibility index (Phi) is 4.58. The second-order valence-corrected chi connectivity index (χ2v) is 12.9. The molecule has 5 heteroatoms. The molecule has 3 saturated carbocycles. The fourth-order valence-corrected chi connectivity index (χ4v) is 9.19. The number of aliphatic hydroxyl groups is 1. The van der Waals surface area contributed by atoms with E-state index in [1.165, 1.54) is 11.1 Å². The first kappa shape index (κ1) is 22.9. The Labute approximate surface area is 204 Å². The van der Waals surface area contributed by atoms with Gasteiger partial charge < -0.3 is 19.7 Å². The molecular weight excluding hydrogens is 426 g/mol. The van der Waals surface area contributed by atoms with Crippen molar-refractivity contribution in [3.8, 4) is 11.5 Å². The molecule has 0 radical (unpaired) electrons. The van der Waals surface area contributed by atoms with Gasteiger partial charge >= 0.3 is 0 Å². The molecule has 2 N–H and O–H groups in total. The topological polar surface area (TPSA) is 62.2 Å². The average Bonchev–Trinajstić information content (AvgIpc) is 3.16. The molecule has 6 aliphatic rings. The zero-order chi connectivity index (χ0) is 24.3. The molecule has 2 aliphatic heterocycles. The van der Waals surface area contributed by atoms with Crippen LogP contribution in [0.15, 0.2) is 24.3 Å². The number of hydrogen-bond donors (Lipinski definition) is 2. The maximum atomic E-state index is 12.2. The zero-order valence-corrected chi connectivity index (χ0v) is 21.6. The molecule has 4 fully saturated rings. The lowest BCUT2D eigenvalue weighted by atomic mass is 9.33. The molecule has 5 nitrogen and oxygen atoms in total. The van der Waals surface area contributed by atoms with Crippen LogP contribution < -0.4 is 4.74 Å². The van der Waals surface area contributed by atoms with Crippen molar-refractivity contribution in [3.05, 3.63) is 35.4 Å². The number of hydrogen-bond acceptors (Lipinski definition) is 5. The summed E-state index contributed by atoms with van der Waals surface area (Å²) in [6.07, 6.45) is 9.10. The van der Waals surface area contributed by atoms with Crippen LogP contribution in [0.4, 0.5) is 0 Å². The summed E-state index contributed by atoms with van der Waals surface area (Å²) in [5, 5.41) is 23.1. The molecule has 0 aromatic heterocycles. The first-order chi connectivity index (χ1) is 16.0. The lowest BCUT2D eigenvalue weighted by Crippen LogP contribution is -2.83. The third-order valence-corrected chi connectivity index (χ3v) is 11.2. The molecule has 2 heterocycles. The minimum absolute atomic E-state index is 0.0102. The Balaban J connectivity index is 1.62. The number of phenols is 1. The molecule has 7 atom stereocenters. The Bertz CT molecular complexity index is 1060. The van der Waals surface area contributed by atoms with E-state index in [1.54, 1.807) is 0 Å². The van der Waals surface area contributed by atoms with Crippen LogP contribution in [0, 0.1) is 16.7 Å². The standard InChI is InChI=1S/C29H41NO4/c1-7-8-14-30-15-13-28-22-18-9-10-19(31)23(22)34-24(28)29(33-6)12-11-27(28,21(30)16-18)17-20(29)26(5,32)25(2,3)4/h7-10,20-21,24,31-32H,11-17H2,1-6H3/b8-7+/t20-,21-,24-,26-,27-,28+,29+/m1/s1. The summed E-state index contributed by atoms with van der Waals surface area (Å²) >= 11 is 0. The number of methoxy groups -OCH3 is 1. The van der Waals surface area contributed by atoms with Gasteiger partial charge in [0, 0.05) is 42.0 Å². The van der Waals surface area contributed by atoms with Crippen molar-refractivity contribution in [1.82, 2.24) is 4.90 Å². The van der Waals surface area contributed by atoms with Crippen LogP contribution >= 0.6 is 0 Å². The molecule has 1 saturated heterocycles. The fraction of sp³-hybridized carbons (Fsp3) is 0.724. The van der Waals surface area contributed by atoms with Gasteiger partial charge in [-0.25, -0.2) is 0 Å². The monoisotopic (exact) mass is 467 g/mol. The molecule has 1 aromatic carbocycles. The van der Waals surface area contributed by atoms with Crippen LogP contribution in [0.3, 0.4) is 0 Å². The van der Waals surface area contributed by atoms with Gasteiger partial charge in [0.2, 0.25) is 0 Å². The van der Waals surface area contributed by atoms with Crippen LogP contribution in [0.25, 0.3) is 0 Å². The smallest absolute Gasteiger partial charge is 0.165 e. The number of nitrogens with zero attached hydrogens (tertiary/aromatic N) is 1. The number of ether oxygens (including phenoxy) is 2. The van der Waals surface area contributed by atoms with Crippen LogP contribution in [-0.2, 0) is 16.6 Å². The second kappa shape index (κ2) is 6.80. The normalized spacial score (nSPS) is 41.9. The minimum atomic E-state index is -0.930. The van der Waals surface area contributed by atoms with E-state index in [0.717, 1.165) is 45.2 Å². The van der Waals surface area contributed by atoms with Gasteiger partial charge in [0.05, 0.1) is 5.60 Å². The van der Waals surface area contributed by atoms with Crippen molar-refractivity contribution in [1.29, 1.82) is 0 Å². The Morgan fingerprint density at radius 1 is 1.21 bits per heavy atom. The van der Waals surface area contributed by atoms with Crippen molar-refractivity contribution in [2.75, 3.05) is 20.2 Å².